The fourth-order valence-corrected chi connectivity index (χ4v) is 3.07. The minimum Gasteiger partial charge on any atom is -0.496 e. The monoisotopic (exact) mass is 395 g/mol. The second kappa shape index (κ2) is 9.10. The lowest BCUT2D eigenvalue weighted by molar-refractivity contribution is -0.140. The van der Waals surface area contributed by atoms with Crippen LogP contribution in [-0.2, 0) is 22.1 Å². The van der Waals surface area contributed by atoms with Crippen LogP contribution in [0.25, 0.3) is 11.1 Å². The molecule has 28 heavy (non-hydrogen) atoms. The number of hydrogen-bond donors (Lipinski definition) is 1. The molecule has 0 fully saturated rings. The fourth-order valence-electron chi connectivity index (χ4n) is 3.07. The molecule has 0 saturated heterocycles. The number of nitrogens with one attached hydrogen (secondary N) is 1. The van der Waals surface area contributed by atoms with Crippen molar-refractivity contribution in [3.05, 3.63) is 53.1 Å². The summed E-state index contributed by atoms with van der Waals surface area (Å²) in [5.74, 6) is 0.114. The Morgan fingerprint density at radius 2 is 1.82 bits per heavy atom. The van der Waals surface area contributed by atoms with Crippen molar-refractivity contribution in [2.75, 3.05) is 20.8 Å². The third kappa shape index (κ3) is 5.04. The van der Waals surface area contributed by atoms with Gasteiger partial charge in [0.15, 0.2) is 0 Å². The third-order valence-corrected chi connectivity index (χ3v) is 4.49. The Labute approximate surface area is 162 Å². The topological polar surface area (TPSA) is 47.6 Å². The Balaban J connectivity index is 2.64. The maximum Gasteiger partial charge on any atom is 0.416 e. The highest BCUT2D eigenvalue weighted by Gasteiger charge is 2.32. The van der Waals surface area contributed by atoms with Gasteiger partial charge < -0.3 is 14.8 Å². The molecule has 1 unspecified atom stereocenters. The van der Waals surface area contributed by atoms with Gasteiger partial charge in [-0.2, -0.15) is 13.2 Å². The summed E-state index contributed by atoms with van der Waals surface area (Å²) in [7, 11) is 2.80. The number of methoxy groups -OCH3 is 2. The quantitative estimate of drug-likeness (QED) is 0.687. The smallest absolute Gasteiger partial charge is 0.416 e. The number of benzene rings is 2. The average molecular weight is 395 g/mol. The molecule has 0 spiro atoms. The highest BCUT2D eigenvalue weighted by molar-refractivity contribution is 5.78. The van der Waals surface area contributed by atoms with Crippen LogP contribution < -0.4 is 10.1 Å². The van der Waals surface area contributed by atoms with Crippen LogP contribution in [-0.4, -0.2) is 26.7 Å². The number of carbonyl (C=O) groups excluding carboxylic acids is 1. The molecule has 0 aliphatic carbocycles. The second-order valence-electron chi connectivity index (χ2n) is 6.37. The predicted molar refractivity (Wildman–Crippen MR) is 101 cm³/mol. The first kappa shape index (κ1) is 21.8. The molecule has 0 aliphatic rings. The first-order valence-corrected chi connectivity index (χ1v) is 8.89. The van der Waals surface area contributed by atoms with Crippen molar-refractivity contribution >= 4 is 5.97 Å². The lowest BCUT2D eigenvalue weighted by atomic mass is 9.91. The number of hydrogen-bond acceptors (Lipinski definition) is 4. The van der Waals surface area contributed by atoms with Crippen molar-refractivity contribution < 1.29 is 27.4 Å². The normalized spacial score (nSPS) is 12.5. The number of alkyl halides is 3. The zero-order chi connectivity index (χ0) is 20.9. The van der Waals surface area contributed by atoms with E-state index in [1.54, 1.807) is 18.2 Å². The van der Waals surface area contributed by atoms with E-state index in [-0.39, 0.29) is 12.5 Å². The van der Waals surface area contributed by atoms with E-state index in [0.717, 1.165) is 12.1 Å². The van der Waals surface area contributed by atoms with Gasteiger partial charge in [0.25, 0.3) is 0 Å². The second-order valence-corrected chi connectivity index (χ2v) is 6.37. The predicted octanol–water partition coefficient (Wildman–Crippen LogP) is 4.77. The van der Waals surface area contributed by atoms with E-state index >= 15 is 0 Å². The van der Waals surface area contributed by atoms with Gasteiger partial charge in [0.05, 0.1) is 26.2 Å². The van der Waals surface area contributed by atoms with Crippen LogP contribution >= 0.6 is 0 Å². The van der Waals surface area contributed by atoms with Crippen LogP contribution in [0.1, 0.15) is 36.6 Å². The van der Waals surface area contributed by atoms with Crippen molar-refractivity contribution in [2.45, 2.75) is 32.5 Å². The Bertz CT molecular complexity index is 834. The molecule has 0 bridgehead atoms. The summed E-state index contributed by atoms with van der Waals surface area (Å²) in [5, 5.41) is 3.16. The first-order chi connectivity index (χ1) is 13.2. The van der Waals surface area contributed by atoms with Crippen molar-refractivity contribution in [2.24, 2.45) is 0 Å². The number of rotatable bonds is 7. The molecule has 0 saturated carbocycles. The standard InChI is InChI=1S/C21H24F3NO3/c1-5-25-13(2)17-12-15(21(22,23)24)7-8-16(17)18-10-14(11-20(26)28-4)6-9-19(18)27-3/h6-10,12-13,25H,5,11H2,1-4H3. The molecule has 0 heterocycles. The zero-order valence-electron chi connectivity index (χ0n) is 16.3. The van der Waals surface area contributed by atoms with Gasteiger partial charge in [-0.3, -0.25) is 4.79 Å². The molecule has 2 aromatic rings. The van der Waals surface area contributed by atoms with Crippen molar-refractivity contribution in [3.8, 4) is 16.9 Å². The molecule has 2 rings (SSSR count). The van der Waals surface area contributed by atoms with Gasteiger partial charge in [-0.25, -0.2) is 0 Å². The van der Waals surface area contributed by atoms with Crippen LogP contribution in [0.4, 0.5) is 13.2 Å². The lowest BCUT2D eigenvalue weighted by Gasteiger charge is -2.21. The lowest BCUT2D eigenvalue weighted by Crippen LogP contribution is -2.19. The van der Waals surface area contributed by atoms with Gasteiger partial charge in [0.2, 0.25) is 0 Å². The molecule has 1 atom stereocenters. The van der Waals surface area contributed by atoms with Crippen molar-refractivity contribution in [1.29, 1.82) is 0 Å². The summed E-state index contributed by atoms with van der Waals surface area (Å²) in [6, 6.07) is 8.55. The van der Waals surface area contributed by atoms with E-state index in [1.807, 2.05) is 13.8 Å². The summed E-state index contributed by atoms with van der Waals surface area (Å²) >= 11 is 0. The SMILES string of the molecule is CCNC(C)c1cc(C(F)(F)F)ccc1-c1cc(CC(=O)OC)ccc1OC. The molecule has 7 heteroatoms. The molecule has 152 valence electrons. The number of carbonyl (C=O) groups is 1. The maximum absolute atomic E-state index is 13.2. The highest BCUT2D eigenvalue weighted by Crippen LogP contribution is 2.39. The first-order valence-electron chi connectivity index (χ1n) is 8.89. The van der Waals surface area contributed by atoms with Crippen LogP contribution in [0.15, 0.2) is 36.4 Å². The minimum atomic E-state index is -4.43. The van der Waals surface area contributed by atoms with E-state index in [4.69, 9.17) is 9.47 Å². The largest absolute Gasteiger partial charge is 0.496 e. The van der Waals surface area contributed by atoms with E-state index < -0.39 is 17.7 Å². The van der Waals surface area contributed by atoms with Gasteiger partial charge in [0.1, 0.15) is 5.75 Å². The van der Waals surface area contributed by atoms with Gasteiger partial charge in [-0.1, -0.05) is 19.1 Å². The van der Waals surface area contributed by atoms with Gasteiger partial charge in [-0.05, 0) is 54.4 Å². The Hall–Kier alpha value is -2.54. The van der Waals surface area contributed by atoms with Crippen molar-refractivity contribution in [3.63, 3.8) is 0 Å². The van der Waals surface area contributed by atoms with E-state index in [2.05, 4.69) is 5.32 Å². The summed E-state index contributed by atoms with van der Waals surface area (Å²) in [5.41, 5.74) is 1.72. The van der Waals surface area contributed by atoms with Crippen LogP contribution in [0, 0.1) is 0 Å². The van der Waals surface area contributed by atoms with Crippen molar-refractivity contribution in [1.82, 2.24) is 5.32 Å². The number of ether oxygens (including phenoxy) is 2. The molecule has 2 aromatic carbocycles. The number of esters is 1. The third-order valence-electron chi connectivity index (χ3n) is 4.49. The van der Waals surface area contributed by atoms with Gasteiger partial charge in [0, 0.05) is 11.6 Å². The van der Waals surface area contributed by atoms with E-state index in [0.29, 0.717) is 34.5 Å². The molecular formula is C21H24F3NO3. The summed E-state index contributed by atoms with van der Waals surface area (Å²) in [6.45, 7) is 4.31. The molecule has 1 N–H and O–H groups in total. The summed E-state index contributed by atoms with van der Waals surface area (Å²) in [4.78, 5) is 11.6. The zero-order valence-corrected chi connectivity index (χ0v) is 16.3. The molecule has 0 aromatic heterocycles. The maximum atomic E-state index is 13.2. The molecule has 4 nitrogen and oxygen atoms in total. The van der Waals surface area contributed by atoms with Gasteiger partial charge >= 0.3 is 12.1 Å². The molecule has 0 radical (unpaired) electrons. The van der Waals surface area contributed by atoms with Gasteiger partial charge in [-0.15, -0.1) is 0 Å². The van der Waals surface area contributed by atoms with E-state index in [9.17, 15) is 18.0 Å². The Morgan fingerprint density at radius 3 is 2.39 bits per heavy atom. The molecule has 0 aliphatic heterocycles. The Kier molecular flexibility index (Phi) is 7.07. The van der Waals surface area contributed by atoms with Crippen LogP contribution in [0.3, 0.4) is 0 Å². The van der Waals surface area contributed by atoms with E-state index in [1.165, 1.54) is 20.3 Å². The summed E-state index contributed by atoms with van der Waals surface area (Å²) in [6.07, 6.45) is -4.37. The van der Waals surface area contributed by atoms with Crippen LogP contribution in [0.2, 0.25) is 0 Å². The molecule has 0 amide bonds. The fraction of sp³-hybridized carbons (Fsp3) is 0.381. The minimum absolute atomic E-state index is 0.0617. The average Bonchev–Trinajstić information content (AvgIpc) is 2.66. The van der Waals surface area contributed by atoms with Crippen LogP contribution in [0.5, 0.6) is 5.75 Å². The number of halogens is 3. The Morgan fingerprint density at radius 1 is 1.11 bits per heavy atom. The summed E-state index contributed by atoms with van der Waals surface area (Å²) < 4.78 is 49.9. The highest BCUT2D eigenvalue weighted by atomic mass is 19.4. The molecular weight excluding hydrogens is 371 g/mol.